The Morgan fingerprint density at radius 2 is 1.08 bits per heavy atom. The molecular formula is C9H24S3. The first kappa shape index (κ1) is 18.8. The molecule has 78 valence electrons. The van der Waals surface area contributed by atoms with E-state index in [4.69, 9.17) is 0 Å². The van der Waals surface area contributed by atoms with Crippen LogP contribution in [0.15, 0.2) is 0 Å². The predicted octanol–water partition coefficient (Wildman–Crippen LogP) is 3.98. The highest BCUT2D eigenvalue weighted by Crippen LogP contribution is 1.93. The van der Waals surface area contributed by atoms with Crippen LogP contribution in [-0.4, -0.2) is 17.3 Å². The molecule has 0 saturated heterocycles. The van der Waals surface area contributed by atoms with Crippen LogP contribution in [0.1, 0.15) is 40.0 Å². The Bertz CT molecular complexity index is 34.8. The molecule has 0 aromatic carbocycles. The molecule has 0 fully saturated rings. The standard InChI is InChI=1S/C5H12S.2C2H6S/c1-2-3-4-5-6;2*1-2-3/h6H,2-5H2,1H3;2*3H,2H2,1H3. The Balaban J connectivity index is -0.000000115. The van der Waals surface area contributed by atoms with Crippen molar-refractivity contribution in [2.75, 3.05) is 17.3 Å². The number of hydrogen-bond acceptors (Lipinski definition) is 3. The lowest BCUT2D eigenvalue weighted by atomic mass is 10.3. The quantitative estimate of drug-likeness (QED) is 0.472. The fourth-order valence-corrected chi connectivity index (χ4v) is 0.585. The lowest BCUT2D eigenvalue weighted by Crippen LogP contribution is -1.70. The lowest BCUT2D eigenvalue weighted by molar-refractivity contribution is 0.780. The van der Waals surface area contributed by atoms with E-state index in [1.165, 1.54) is 19.3 Å². The van der Waals surface area contributed by atoms with Crippen molar-refractivity contribution in [1.29, 1.82) is 0 Å². The molecule has 0 saturated carbocycles. The van der Waals surface area contributed by atoms with Gasteiger partial charge in [-0.05, 0) is 23.7 Å². The van der Waals surface area contributed by atoms with E-state index in [0.717, 1.165) is 17.3 Å². The zero-order valence-corrected chi connectivity index (χ0v) is 11.3. The van der Waals surface area contributed by atoms with Gasteiger partial charge in [-0.2, -0.15) is 37.9 Å². The van der Waals surface area contributed by atoms with E-state index in [1.807, 2.05) is 13.8 Å². The van der Waals surface area contributed by atoms with Gasteiger partial charge < -0.3 is 0 Å². The molecule has 0 amide bonds. The maximum atomic E-state index is 4.05. The molecular weight excluding hydrogens is 204 g/mol. The summed E-state index contributed by atoms with van der Waals surface area (Å²) in [5.41, 5.74) is 0. The van der Waals surface area contributed by atoms with E-state index in [2.05, 4.69) is 44.8 Å². The number of hydrogen-bond donors (Lipinski definition) is 3. The average molecular weight is 228 g/mol. The lowest BCUT2D eigenvalue weighted by Gasteiger charge is -1.85. The molecule has 0 radical (unpaired) electrons. The molecule has 0 N–H and O–H groups in total. The molecule has 0 aliphatic rings. The molecule has 0 bridgehead atoms. The fourth-order valence-electron chi connectivity index (χ4n) is 0.362. The van der Waals surface area contributed by atoms with Crippen LogP contribution >= 0.6 is 37.9 Å². The molecule has 0 aliphatic carbocycles. The highest BCUT2D eigenvalue weighted by Gasteiger charge is 1.75. The summed E-state index contributed by atoms with van der Waals surface area (Å²) in [6.07, 6.45) is 3.92. The second-order valence-corrected chi connectivity index (χ2v) is 3.78. The van der Waals surface area contributed by atoms with Crippen LogP contribution in [0.5, 0.6) is 0 Å². The maximum absolute atomic E-state index is 4.05. The molecule has 0 unspecified atom stereocenters. The molecule has 3 heteroatoms. The fraction of sp³-hybridized carbons (Fsp3) is 1.00. The minimum Gasteiger partial charge on any atom is -0.180 e. The summed E-state index contributed by atoms with van der Waals surface area (Å²) < 4.78 is 0. The smallest absolute Gasteiger partial charge is 0.00979 e. The molecule has 0 aromatic rings. The van der Waals surface area contributed by atoms with E-state index in [9.17, 15) is 0 Å². The van der Waals surface area contributed by atoms with Gasteiger partial charge in [0.2, 0.25) is 0 Å². The first-order valence-electron chi connectivity index (χ1n) is 4.57. The third-order valence-electron chi connectivity index (χ3n) is 0.762. The normalized spacial score (nSPS) is 7.50. The van der Waals surface area contributed by atoms with Crippen LogP contribution in [-0.2, 0) is 0 Å². The van der Waals surface area contributed by atoms with Crippen molar-refractivity contribution in [1.82, 2.24) is 0 Å². The third-order valence-corrected chi connectivity index (χ3v) is 1.08. The summed E-state index contributed by atoms with van der Waals surface area (Å²) in [4.78, 5) is 0. The molecule has 0 atom stereocenters. The number of rotatable bonds is 3. The van der Waals surface area contributed by atoms with Gasteiger partial charge in [0.1, 0.15) is 0 Å². The van der Waals surface area contributed by atoms with E-state index in [1.54, 1.807) is 0 Å². The highest BCUT2D eigenvalue weighted by atomic mass is 32.1. The third kappa shape index (κ3) is 68.0. The van der Waals surface area contributed by atoms with Gasteiger partial charge >= 0.3 is 0 Å². The second-order valence-electron chi connectivity index (χ2n) is 2.06. The van der Waals surface area contributed by atoms with Gasteiger partial charge in [-0.25, -0.2) is 0 Å². The van der Waals surface area contributed by atoms with E-state index in [0.29, 0.717) is 0 Å². The summed E-state index contributed by atoms with van der Waals surface area (Å²) >= 11 is 11.6. The molecule has 0 aliphatic heterocycles. The summed E-state index contributed by atoms with van der Waals surface area (Å²) in [5, 5.41) is 0. The maximum Gasteiger partial charge on any atom is -0.00979 e. The first-order chi connectivity index (χ1) is 5.74. The van der Waals surface area contributed by atoms with Crippen molar-refractivity contribution in [2.45, 2.75) is 40.0 Å². The van der Waals surface area contributed by atoms with Gasteiger partial charge in [0.15, 0.2) is 0 Å². The van der Waals surface area contributed by atoms with Gasteiger partial charge in [-0.15, -0.1) is 0 Å². The predicted molar refractivity (Wildman–Crippen MR) is 72.4 cm³/mol. The molecule has 0 spiro atoms. The van der Waals surface area contributed by atoms with Crippen LogP contribution in [0, 0.1) is 0 Å². The highest BCUT2D eigenvalue weighted by molar-refractivity contribution is 7.80. The van der Waals surface area contributed by atoms with Crippen LogP contribution in [0.4, 0.5) is 0 Å². The molecule has 0 heterocycles. The van der Waals surface area contributed by atoms with E-state index in [-0.39, 0.29) is 0 Å². The van der Waals surface area contributed by atoms with Gasteiger partial charge in [-0.1, -0.05) is 33.6 Å². The van der Waals surface area contributed by atoms with Crippen molar-refractivity contribution in [3.8, 4) is 0 Å². The van der Waals surface area contributed by atoms with Gasteiger partial charge in [0.25, 0.3) is 0 Å². The van der Waals surface area contributed by atoms with Gasteiger partial charge in [-0.3, -0.25) is 0 Å². The largest absolute Gasteiger partial charge is 0.180 e. The van der Waals surface area contributed by atoms with E-state index < -0.39 is 0 Å². The van der Waals surface area contributed by atoms with Crippen molar-refractivity contribution in [3.63, 3.8) is 0 Å². The molecule has 0 rings (SSSR count). The first-order valence-corrected chi connectivity index (χ1v) is 6.47. The number of thiol groups is 3. The minimum absolute atomic E-state index is 0.944. The Hall–Kier alpha value is 1.05. The molecule has 12 heavy (non-hydrogen) atoms. The van der Waals surface area contributed by atoms with Crippen molar-refractivity contribution < 1.29 is 0 Å². The van der Waals surface area contributed by atoms with Crippen molar-refractivity contribution >= 4 is 37.9 Å². The number of unbranched alkanes of at least 4 members (excludes halogenated alkanes) is 2. The summed E-state index contributed by atoms with van der Waals surface area (Å²) in [6.45, 7) is 6.18. The van der Waals surface area contributed by atoms with Crippen LogP contribution in [0.25, 0.3) is 0 Å². The average Bonchev–Trinajstić information content (AvgIpc) is 2.04. The zero-order valence-electron chi connectivity index (χ0n) is 8.58. The Kier molecular flexibility index (Phi) is 46.3. The topological polar surface area (TPSA) is 0 Å². The molecule has 0 nitrogen and oxygen atoms in total. The second kappa shape index (κ2) is 29.6. The Morgan fingerprint density at radius 1 is 0.750 bits per heavy atom. The van der Waals surface area contributed by atoms with Crippen molar-refractivity contribution in [2.24, 2.45) is 0 Å². The van der Waals surface area contributed by atoms with Gasteiger partial charge in [0, 0.05) is 0 Å². The van der Waals surface area contributed by atoms with E-state index >= 15 is 0 Å². The van der Waals surface area contributed by atoms with Crippen LogP contribution < -0.4 is 0 Å². The minimum atomic E-state index is 0.944. The van der Waals surface area contributed by atoms with Crippen LogP contribution in [0.3, 0.4) is 0 Å². The van der Waals surface area contributed by atoms with Crippen LogP contribution in [0.2, 0.25) is 0 Å². The summed E-state index contributed by atoms with van der Waals surface area (Å²) in [7, 11) is 0. The molecule has 0 aromatic heterocycles. The summed E-state index contributed by atoms with van der Waals surface area (Å²) in [6, 6.07) is 0. The van der Waals surface area contributed by atoms with Gasteiger partial charge in [0.05, 0.1) is 0 Å². The Morgan fingerprint density at radius 3 is 1.17 bits per heavy atom. The monoisotopic (exact) mass is 228 g/mol. The zero-order chi connectivity index (χ0) is 10.2. The van der Waals surface area contributed by atoms with Crippen molar-refractivity contribution in [3.05, 3.63) is 0 Å². The SMILES string of the molecule is CCCCCS.CCS.CCS. The Labute approximate surface area is 95.1 Å². The summed E-state index contributed by atoms with van der Waals surface area (Å²) in [5.74, 6) is 2.94.